The van der Waals surface area contributed by atoms with Crippen molar-refractivity contribution in [2.24, 2.45) is 5.10 Å². The minimum Gasteiger partial charge on any atom is -0.377 e. The molecular formula is C23H25N3O2S3. The Hall–Kier alpha value is -1.84. The maximum atomic E-state index is 13.5. The average Bonchev–Trinajstić information content (AvgIpc) is 3.59. The first-order valence-corrected chi connectivity index (χ1v) is 13.2. The van der Waals surface area contributed by atoms with Gasteiger partial charge in [-0.05, 0) is 47.2 Å². The highest BCUT2D eigenvalue weighted by molar-refractivity contribution is 7.12. The average molecular weight is 472 g/mol. The number of carbonyl (C=O) groups is 1. The second-order valence-electron chi connectivity index (χ2n) is 7.88. The third-order valence-corrected chi connectivity index (χ3v) is 8.40. The Labute approximate surface area is 194 Å². The third kappa shape index (κ3) is 4.99. The Bertz CT molecular complexity index is 993. The first-order valence-electron chi connectivity index (χ1n) is 10.6. The van der Waals surface area contributed by atoms with Crippen molar-refractivity contribution in [1.29, 1.82) is 0 Å². The van der Waals surface area contributed by atoms with E-state index in [0.29, 0.717) is 6.54 Å². The Balaban J connectivity index is 1.35. The number of hydrazone groups is 1. The van der Waals surface area contributed by atoms with Crippen molar-refractivity contribution in [2.45, 2.75) is 38.0 Å². The van der Waals surface area contributed by atoms with E-state index in [2.05, 4.69) is 45.3 Å². The molecule has 5 rings (SSSR count). The molecule has 162 valence electrons. The van der Waals surface area contributed by atoms with Gasteiger partial charge in [0.1, 0.15) is 0 Å². The van der Waals surface area contributed by atoms with Crippen molar-refractivity contribution in [2.75, 3.05) is 19.7 Å². The van der Waals surface area contributed by atoms with Gasteiger partial charge in [0, 0.05) is 35.9 Å². The Kier molecular flexibility index (Phi) is 6.61. The van der Waals surface area contributed by atoms with Gasteiger partial charge < -0.3 is 4.74 Å². The van der Waals surface area contributed by atoms with E-state index in [1.807, 2.05) is 12.1 Å². The van der Waals surface area contributed by atoms with Crippen LogP contribution in [0.1, 0.15) is 39.9 Å². The van der Waals surface area contributed by atoms with Gasteiger partial charge in [0.15, 0.2) is 0 Å². The van der Waals surface area contributed by atoms with E-state index in [1.54, 1.807) is 39.0 Å². The van der Waals surface area contributed by atoms with Crippen LogP contribution in [0.4, 0.5) is 0 Å². The third-order valence-electron chi connectivity index (χ3n) is 5.65. The number of ether oxygens (including phenoxy) is 1. The predicted molar refractivity (Wildman–Crippen MR) is 128 cm³/mol. The SMILES string of the molecule is O=C(CN(Cc1cccs1)C[C@H]1CCCO1)N1N=C(c2cccs2)C[C@H]1c1cccs1. The van der Waals surface area contributed by atoms with Gasteiger partial charge in [-0.2, -0.15) is 5.10 Å². The number of hydrogen-bond donors (Lipinski definition) is 0. The molecule has 0 saturated carbocycles. The predicted octanol–water partition coefficient (Wildman–Crippen LogP) is 5.23. The summed E-state index contributed by atoms with van der Waals surface area (Å²) in [4.78, 5) is 19.4. The Morgan fingerprint density at radius 2 is 1.97 bits per heavy atom. The molecule has 0 N–H and O–H groups in total. The van der Waals surface area contributed by atoms with E-state index in [1.165, 1.54) is 9.75 Å². The number of rotatable bonds is 8. The second-order valence-corrected chi connectivity index (χ2v) is 10.8. The van der Waals surface area contributed by atoms with Crippen LogP contribution >= 0.6 is 34.0 Å². The minimum atomic E-state index is -0.0177. The quantitative estimate of drug-likeness (QED) is 0.452. The summed E-state index contributed by atoms with van der Waals surface area (Å²) < 4.78 is 5.87. The Morgan fingerprint density at radius 3 is 2.68 bits per heavy atom. The molecular weight excluding hydrogens is 446 g/mol. The largest absolute Gasteiger partial charge is 0.377 e. The molecule has 5 heterocycles. The van der Waals surface area contributed by atoms with Crippen LogP contribution in [-0.4, -0.2) is 47.3 Å². The van der Waals surface area contributed by atoms with E-state index < -0.39 is 0 Å². The number of hydrogen-bond acceptors (Lipinski definition) is 7. The van der Waals surface area contributed by atoms with Crippen LogP contribution in [0.25, 0.3) is 0 Å². The molecule has 3 aromatic rings. The highest BCUT2D eigenvalue weighted by atomic mass is 32.1. The molecule has 1 amide bonds. The maximum Gasteiger partial charge on any atom is 0.257 e. The van der Waals surface area contributed by atoms with Gasteiger partial charge in [0.25, 0.3) is 5.91 Å². The van der Waals surface area contributed by atoms with Gasteiger partial charge in [-0.1, -0.05) is 18.2 Å². The van der Waals surface area contributed by atoms with Crippen LogP contribution in [0.2, 0.25) is 0 Å². The van der Waals surface area contributed by atoms with Crippen molar-refractivity contribution >= 4 is 45.6 Å². The molecule has 1 saturated heterocycles. The lowest BCUT2D eigenvalue weighted by Gasteiger charge is -2.27. The molecule has 2 aliphatic rings. The van der Waals surface area contributed by atoms with Crippen LogP contribution in [0, 0.1) is 0 Å². The van der Waals surface area contributed by atoms with Gasteiger partial charge in [0.05, 0.1) is 29.3 Å². The van der Waals surface area contributed by atoms with Gasteiger partial charge in [0.2, 0.25) is 0 Å². The minimum absolute atomic E-state index is 0.0177. The topological polar surface area (TPSA) is 45.1 Å². The molecule has 3 aromatic heterocycles. The van der Waals surface area contributed by atoms with Gasteiger partial charge in [-0.25, -0.2) is 5.01 Å². The van der Waals surface area contributed by atoms with Crippen molar-refractivity contribution in [1.82, 2.24) is 9.91 Å². The molecule has 2 aliphatic heterocycles. The van der Waals surface area contributed by atoms with Crippen LogP contribution < -0.4 is 0 Å². The zero-order chi connectivity index (χ0) is 21.0. The van der Waals surface area contributed by atoms with Crippen molar-refractivity contribution in [3.8, 4) is 0 Å². The normalized spacial score (nSPS) is 21.2. The van der Waals surface area contributed by atoms with Crippen LogP contribution in [0.5, 0.6) is 0 Å². The summed E-state index contributed by atoms with van der Waals surface area (Å²) in [7, 11) is 0. The lowest BCUT2D eigenvalue weighted by molar-refractivity contribution is -0.134. The lowest BCUT2D eigenvalue weighted by Crippen LogP contribution is -2.40. The standard InChI is InChI=1S/C23H25N3O2S3/c27-23(16-25(14-17-5-1-9-28-17)15-18-6-2-10-29-18)26-20(22-8-4-12-31-22)13-19(24-26)21-7-3-11-30-21/h2-4,6-8,10-12,17,20H,1,5,9,13-16H2/t17-,20+/m1/s1. The van der Waals surface area contributed by atoms with E-state index in [9.17, 15) is 4.79 Å². The number of nitrogens with zero attached hydrogens (tertiary/aromatic N) is 3. The fraction of sp³-hybridized carbons (Fsp3) is 0.391. The van der Waals surface area contributed by atoms with Crippen molar-refractivity contribution in [3.05, 3.63) is 67.2 Å². The number of thiophene rings is 3. The zero-order valence-corrected chi connectivity index (χ0v) is 19.6. The molecule has 0 aliphatic carbocycles. The molecule has 0 unspecified atom stereocenters. The van der Waals surface area contributed by atoms with Gasteiger partial charge >= 0.3 is 0 Å². The first kappa shape index (κ1) is 21.0. The van der Waals surface area contributed by atoms with Gasteiger partial charge in [-0.15, -0.1) is 34.0 Å². The fourth-order valence-electron chi connectivity index (χ4n) is 4.18. The number of carbonyl (C=O) groups excluding carboxylic acids is 1. The summed E-state index contributed by atoms with van der Waals surface area (Å²) in [5.74, 6) is 0.0551. The Morgan fingerprint density at radius 1 is 1.13 bits per heavy atom. The summed E-state index contributed by atoms with van der Waals surface area (Å²) in [6.45, 7) is 2.72. The molecule has 8 heteroatoms. The van der Waals surface area contributed by atoms with E-state index >= 15 is 0 Å². The van der Waals surface area contributed by atoms with Crippen molar-refractivity contribution < 1.29 is 9.53 Å². The first-order chi connectivity index (χ1) is 15.3. The number of amides is 1. The van der Waals surface area contributed by atoms with Crippen LogP contribution in [-0.2, 0) is 16.1 Å². The van der Waals surface area contributed by atoms with E-state index in [-0.39, 0.29) is 18.1 Å². The molecule has 0 aromatic carbocycles. The molecule has 31 heavy (non-hydrogen) atoms. The summed E-state index contributed by atoms with van der Waals surface area (Å²) in [5.41, 5.74) is 1.01. The summed E-state index contributed by atoms with van der Waals surface area (Å²) >= 11 is 5.11. The molecule has 0 bridgehead atoms. The fourth-order valence-corrected chi connectivity index (χ4v) is 6.46. The lowest BCUT2D eigenvalue weighted by atomic mass is 10.1. The zero-order valence-electron chi connectivity index (χ0n) is 17.2. The monoisotopic (exact) mass is 471 g/mol. The molecule has 5 nitrogen and oxygen atoms in total. The van der Waals surface area contributed by atoms with E-state index in [0.717, 1.165) is 49.5 Å². The smallest absolute Gasteiger partial charge is 0.257 e. The van der Waals surface area contributed by atoms with Crippen LogP contribution in [0.3, 0.4) is 0 Å². The summed E-state index contributed by atoms with van der Waals surface area (Å²) in [6.07, 6.45) is 3.15. The second kappa shape index (κ2) is 9.75. The molecule has 0 spiro atoms. The highest BCUT2D eigenvalue weighted by Gasteiger charge is 2.35. The summed E-state index contributed by atoms with van der Waals surface area (Å²) in [6, 6.07) is 12.5. The van der Waals surface area contributed by atoms with E-state index in [4.69, 9.17) is 9.84 Å². The summed E-state index contributed by atoms with van der Waals surface area (Å²) in [5, 5.41) is 12.8. The molecule has 1 fully saturated rings. The maximum absolute atomic E-state index is 13.5. The van der Waals surface area contributed by atoms with Crippen molar-refractivity contribution in [3.63, 3.8) is 0 Å². The van der Waals surface area contributed by atoms with Gasteiger partial charge in [-0.3, -0.25) is 9.69 Å². The molecule has 2 atom stereocenters. The highest BCUT2D eigenvalue weighted by Crippen LogP contribution is 2.36. The molecule has 0 radical (unpaired) electrons. The van der Waals surface area contributed by atoms with Crippen LogP contribution in [0.15, 0.2) is 57.6 Å².